The molecule has 0 spiro atoms. The summed E-state index contributed by atoms with van der Waals surface area (Å²) in [5.41, 5.74) is 8.46. The number of nitrogens with two attached hydrogens (primary N) is 1. The van der Waals surface area contributed by atoms with Gasteiger partial charge < -0.3 is 10.3 Å². The number of carbonyl (C=O) groups is 1. The van der Waals surface area contributed by atoms with Crippen molar-refractivity contribution in [1.29, 1.82) is 0 Å². The average molecular weight is 359 g/mol. The van der Waals surface area contributed by atoms with Crippen molar-refractivity contribution in [2.24, 2.45) is 11.7 Å². The molecule has 138 valence electrons. The number of imidazole rings is 1. The van der Waals surface area contributed by atoms with E-state index in [0.717, 1.165) is 36.1 Å². The average Bonchev–Trinajstić information content (AvgIpc) is 3.33. The Morgan fingerprint density at radius 2 is 1.63 bits per heavy atom. The highest BCUT2D eigenvalue weighted by Gasteiger charge is 2.50. The van der Waals surface area contributed by atoms with E-state index in [1.165, 1.54) is 0 Å². The Bertz CT molecular complexity index is 878. The molecule has 1 fully saturated rings. The lowest BCUT2D eigenvalue weighted by Gasteiger charge is -2.37. The van der Waals surface area contributed by atoms with E-state index in [2.05, 4.69) is 16.5 Å². The standard InChI is InChI=1S/C23H25N3O/c1-17-15-25-16-26(17)21-13-12-20(14-21)23(22(24)27,18-8-4-2-5-9-18)19-10-6-3-7-11-19/h2-11,15-16,20-21H,12-14H2,1H3,(H2,24,27)/t20-,21+/m0/s1. The van der Waals surface area contributed by atoms with Gasteiger partial charge in [-0.2, -0.15) is 0 Å². The normalized spacial score (nSPS) is 19.9. The molecule has 2 aromatic carbocycles. The number of hydrogen-bond acceptors (Lipinski definition) is 2. The number of primary amides is 1. The number of aromatic nitrogens is 2. The largest absolute Gasteiger partial charge is 0.369 e. The van der Waals surface area contributed by atoms with Crippen LogP contribution in [-0.2, 0) is 10.2 Å². The molecule has 2 N–H and O–H groups in total. The lowest BCUT2D eigenvalue weighted by Crippen LogP contribution is -2.47. The first-order valence-electron chi connectivity index (χ1n) is 9.53. The van der Waals surface area contributed by atoms with E-state index in [-0.39, 0.29) is 11.8 Å². The predicted molar refractivity (Wildman–Crippen MR) is 106 cm³/mol. The monoisotopic (exact) mass is 359 g/mol. The molecule has 0 unspecified atom stereocenters. The number of amides is 1. The Morgan fingerprint density at radius 3 is 2.11 bits per heavy atom. The van der Waals surface area contributed by atoms with Crippen LogP contribution in [0.5, 0.6) is 0 Å². The van der Waals surface area contributed by atoms with Gasteiger partial charge in [0.2, 0.25) is 5.91 Å². The maximum Gasteiger partial charge on any atom is 0.232 e. The molecule has 4 heteroatoms. The van der Waals surface area contributed by atoms with Gasteiger partial charge in [0.05, 0.1) is 6.33 Å². The molecule has 1 aliphatic carbocycles. The highest BCUT2D eigenvalue weighted by atomic mass is 16.1. The third-order valence-electron chi connectivity index (χ3n) is 6.12. The van der Waals surface area contributed by atoms with Gasteiger partial charge in [0.25, 0.3) is 0 Å². The highest BCUT2D eigenvalue weighted by Crippen LogP contribution is 2.49. The number of rotatable bonds is 5. The summed E-state index contributed by atoms with van der Waals surface area (Å²) in [4.78, 5) is 17.3. The van der Waals surface area contributed by atoms with Gasteiger partial charge >= 0.3 is 0 Å². The van der Waals surface area contributed by atoms with Crippen molar-refractivity contribution in [3.05, 3.63) is 90.0 Å². The van der Waals surface area contributed by atoms with Gasteiger partial charge in [-0.3, -0.25) is 4.79 Å². The first-order valence-corrected chi connectivity index (χ1v) is 9.53. The molecule has 1 aromatic heterocycles. The molecule has 27 heavy (non-hydrogen) atoms. The van der Waals surface area contributed by atoms with Crippen LogP contribution in [0.4, 0.5) is 0 Å². The molecule has 1 amide bonds. The van der Waals surface area contributed by atoms with E-state index < -0.39 is 5.41 Å². The van der Waals surface area contributed by atoms with E-state index in [0.29, 0.717) is 6.04 Å². The SMILES string of the molecule is Cc1cncn1[C@@H]1CC[C@H](C(C(N)=O)(c2ccccc2)c2ccccc2)C1. The zero-order valence-electron chi connectivity index (χ0n) is 15.6. The van der Waals surface area contributed by atoms with Crippen LogP contribution in [0.25, 0.3) is 0 Å². The van der Waals surface area contributed by atoms with Gasteiger partial charge in [0.15, 0.2) is 0 Å². The summed E-state index contributed by atoms with van der Waals surface area (Å²) in [6.07, 6.45) is 6.68. The van der Waals surface area contributed by atoms with Crippen molar-refractivity contribution in [2.45, 2.75) is 37.6 Å². The minimum absolute atomic E-state index is 0.145. The van der Waals surface area contributed by atoms with Crippen molar-refractivity contribution in [3.8, 4) is 0 Å². The Morgan fingerprint density at radius 1 is 1.04 bits per heavy atom. The molecule has 2 atom stereocenters. The third-order valence-corrected chi connectivity index (χ3v) is 6.12. The zero-order chi connectivity index (χ0) is 18.9. The van der Waals surface area contributed by atoms with Gasteiger partial charge in [0, 0.05) is 17.9 Å². The van der Waals surface area contributed by atoms with E-state index in [1.54, 1.807) is 0 Å². The molecular formula is C23H25N3O. The smallest absolute Gasteiger partial charge is 0.232 e. The fourth-order valence-electron chi connectivity index (χ4n) is 4.88. The van der Waals surface area contributed by atoms with E-state index in [9.17, 15) is 4.79 Å². The van der Waals surface area contributed by atoms with Crippen molar-refractivity contribution in [3.63, 3.8) is 0 Å². The van der Waals surface area contributed by atoms with E-state index in [4.69, 9.17) is 5.73 Å². The number of aryl methyl sites for hydroxylation is 1. The summed E-state index contributed by atoms with van der Waals surface area (Å²) in [5, 5.41) is 0. The van der Waals surface area contributed by atoms with Gasteiger partial charge in [-0.25, -0.2) is 4.98 Å². The molecule has 1 saturated carbocycles. The van der Waals surface area contributed by atoms with Crippen LogP contribution in [-0.4, -0.2) is 15.5 Å². The summed E-state index contributed by atoms with van der Waals surface area (Å²) >= 11 is 0. The molecule has 0 bridgehead atoms. The van der Waals surface area contributed by atoms with Gasteiger partial charge in [0.1, 0.15) is 5.41 Å². The molecule has 4 rings (SSSR count). The molecule has 0 aliphatic heterocycles. The van der Waals surface area contributed by atoms with Crippen LogP contribution in [0.15, 0.2) is 73.2 Å². The number of benzene rings is 2. The molecule has 1 heterocycles. The van der Waals surface area contributed by atoms with Crippen LogP contribution in [0.1, 0.15) is 42.1 Å². The Balaban J connectivity index is 1.82. The summed E-state index contributed by atoms with van der Waals surface area (Å²) in [7, 11) is 0. The maximum atomic E-state index is 13.1. The first kappa shape index (κ1) is 17.5. The Labute approximate surface area is 160 Å². The van der Waals surface area contributed by atoms with E-state index in [1.807, 2.05) is 73.2 Å². The fourth-order valence-corrected chi connectivity index (χ4v) is 4.88. The van der Waals surface area contributed by atoms with Crippen LogP contribution in [0, 0.1) is 12.8 Å². The quantitative estimate of drug-likeness (QED) is 0.748. The van der Waals surface area contributed by atoms with Crippen LogP contribution in [0.3, 0.4) is 0 Å². The number of carbonyl (C=O) groups excluding carboxylic acids is 1. The second kappa shape index (κ2) is 7.03. The highest BCUT2D eigenvalue weighted by molar-refractivity contribution is 5.91. The van der Waals surface area contributed by atoms with Crippen LogP contribution in [0.2, 0.25) is 0 Å². The van der Waals surface area contributed by atoms with Crippen molar-refractivity contribution < 1.29 is 4.79 Å². The minimum atomic E-state index is -0.814. The predicted octanol–water partition coefficient (Wildman–Crippen LogP) is 4.00. The molecule has 3 aromatic rings. The number of nitrogens with zero attached hydrogens (tertiary/aromatic N) is 2. The topological polar surface area (TPSA) is 60.9 Å². The maximum absolute atomic E-state index is 13.1. The summed E-state index contributed by atoms with van der Waals surface area (Å²) in [6.45, 7) is 2.08. The Kier molecular flexibility index (Phi) is 4.56. The fraction of sp³-hybridized carbons (Fsp3) is 0.304. The van der Waals surface area contributed by atoms with Crippen molar-refractivity contribution >= 4 is 5.91 Å². The first-order chi connectivity index (χ1) is 13.1. The lowest BCUT2D eigenvalue weighted by atomic mass is 9.64. The number of hydrogen-bond donors (Lipinski definition) is 1. The Hall–Kier alpha value is -2.88. The van der Waals surface area contributed by atoms with Crippen molar-refractivity contribution in [1.82, 2.24) is 9.55 Å². The third kappa shape index (κ3) is 2.85. The van der Waals surface area contributed by atoms with Gasteiger partial charge in [-0.05, 0) is 43.2 Å². The molecule has 0 saturated heterocycles. The molecule has 1 aliphatic rings. The van der Waals surface area contributed by atoms with Crippen LogP contribution < -0.4 is 5.73 Å². The van der Waals surface area contributed by atoms with Crippen molar-refractivity contribution in [2.75, 3.05) is 0 Å². The van der Waals surface area contributed by atoms with E-state index >= 15 is 0 Å². The minimum Gasteiger partial charge on any atom is -0.369 e. The second-order valence-electron chi connectivity index (χ2n) is 7.51. The van der Waals surface area contributed by atoms with Gasteiger partial charge in [-0.15, -0.1) is 0 Å². The molecule has 4 nitrogen and oxygen atoms in total. The molecular weight excluding hydrogens is 334 g/mol. The molecule has 0 radical (unpaired) electrons. The van der Waals surface area contributed by atoms with Gasteiger partial charge in [-0.1, -0.05) is 60.7 Å². The zero-order valence-corrected chi connectivity index (χ0v) is 15.6. The second-order valence-corrected chi connectivity index (χ2v) is 7.51. The summed E-state index contributed by atoms with van der Waals surface area (Å²) in [5.74, 6) is -0.125. The summed E-state index contributed by atoms with van der Waals surface area (Å²) in [6, 6.07) is 20.4. The van der Waals surface area contributed by atoms with Crippen LogP contribution >= 0.6 is 0 Å². The summed E-state index contributed by atoms with van der Waals surface area (Å²) < 4.78 is 2.24. The lowest BCUT2D eigenvalue weighted by molar-refractivity contribution is -0.123.